The van der Waals surface area contributed by atoms with Crippen molar-refractivity contribution in [1.29, 1.82) is 0 Å². The van der Waals surface area contributed by atoms with Crippen LogP contribution in [0.5, 0.6) is 5.75 Å². The maximum atomic E-state index is 13.6. The summed E-state index contributed by atoms with van der Waals surface area (Å²) in [6, 6.07) is 4.56. The van der Waals surface area contributed by atoms with Gasteiger partial charge in [0, 0.05) is 17.0 Å². The van der Waals surface area contributed by atoms with Crippen LogP contribution < -0.4 is 10.2 Å². The monoisotopic (exact) mass is 321 g/mol. The first-order valence-electron chi connectivity index (χ1n) is 7.17. The molecule has 0 aliphatic heterocycles. The molecule has 22 heavy (non-hydrogen) atoms. The molecule has 4 nitrogen and oxygen atoms in total. The molecule has 2 rings (SSSR count). The summed E-state index contributed by atoms with van der Waals surface area (Å²) in [5.41, 5.74) is 4.40. The highest BCUT2D eigenvalue weighted by Gasteiger charge is 2.02. The maximum Gasteiger partial charge on any atom is 0.203 e. The molecule has 1 heterocycles. The smallest absolute Gasteiger partial charge is 0.203 e. The topological polar surface area (TPSA) is 46.5 Å². The number of benzene rings is 1. The van der Waals surface area contributed by atoms with E-state index in [-0.39, 0.29) is 5.82 Å². The number of hydrogen-bond donors (Lipinski definition) is 1. The number of thiazole rings is 1. The lowest BCUT2D eigenvalue weighted by atomic mass is 10.1. The average Bonchev–Trinajstić information content (AvgIpc) is 2.83. The minimum atomic E-state index is -0.339. The first-order valence-corrected chi connectivity index (χ1v) is 8.05. The molecule has 0 unspecified atom stereocenters. The quantitative estimate of drug-likeness (QED) is 0.605. The zero-order valence-electron chi connectivity index (χ0n) is 13.0. The minimum Gasteiger partial charge on any atom is -0.493 e. The van der Waals surface area contributed by atoms with E-state index in [1.807, 2.05) is 12.3 Å². The predicted molar refractivity (Wildman–Crippen MR) is 89.4 cm³/mol. The molecule has 0 saturated carbocycles. The van der Waals surface area contributed by atoms with Crippen LogP contribution in [0.3, 0.4) is 0 Å². The molecule has 118 valence electrons. The molecule has 2 aromatic rings. The number of aryl methyl sites for hydroxylation is 1. The highest BCUT2D eigenvalue weighted by molar-refractivity contribution is 7.13. The Kier molecular flexibility index (Phi) is 5.89. The van der Waals surface area contributed by atoms with Gasteiger partial charge in [0.25, 0.3) is 0 Å². The van der Waals surface area contributed by atoms with Crippen molar-refractivity contribution in [3.63, 3.8) is 0 Å². The van der Waals surface area contributed by atoms with Crippen LogP contribution in [-0.4, -0.2) is 17.8 Å². The third-order valence-electron chi connectivity index (χ3n) is 2.85. The molecular formula is C16H20FN3OS. The molecular weight excluding hydrogens is 301 g/mol. The average molecular weight is 321 g/mol. The largest absolute Gasteiger partial charge is 0.493 e. The van der Waals surface area contributed by atoms with Gasteiger partial charge in [-0.2, -0.15) is 5.10 Å². The molecule has 1 aromatic heterocycles. The second-order valence-electron chi connectivity index (χ2n) is 5.42. The molecule has 0 aliphatic carbocycles. The van der Waals surface area contributed by atoms with Gasteiger partial charge in [-0.3, -0.25) is 5.43 Å². The van der Waals surface area contributed by atoms with E-state index in [1.165, 1.54) is 23.5 Å². The van der Waals surface area contributed by atoms with Gasteiger partial charge in [-0.25, -0.2) is 9.37 Å². The number of hydrazone groups is 1. The van der Waals surface area contributed by atoms with E-state index >= 15 is 0 Å². The first kappa shape index (κ1) is 16.4. The van der Waals surface area contributed by atoms with E-state index in [2.05, 4.69) is 29.4 Å². The van der Waals surface area contributed by atoms with Crippen molar-refractivity contribution < 1.29 is 9.13 Å². The van der Waals surface area contributed by atoms with Gasteiger partial charge in [0.15, 0.2) is 0 Å². The third-order valence-corrected chi connectivity index (χ3v) is 3.72. The summed E-state index contributed by atoms with van der Waals surface area (Å²) >= 11 is 1.47. The van der Waals surface area contributed by atoms with Crippen molar-refractivity contribution in [2.45, 2.75) is 27.2 Å². The first-order chi connectivity index (χ1) is 10.5. The highest BCUT2D eigenvalue weighted by atomic mass is 32.1. The lowest BCUT2D eigenvalue weighted by Crippen LogP contribution is -2.02. The lowest BCUT2D eigenvalue weighted by Gasteiger charge is -2.08. The third kappa shape index (κ3) is 5.44. The summed E-state index contributed by atoms with van der Waals surface area (Å²) in [5.74, 6) is 0.737. The zero-order chi connectivity index (χ0) is 15.9. The van der Waals surface area contributed by atoms with Crippen LogP contribution in [0.25, 0.3) is 0 Å². The van der Waals surface area contributed by atoms with Crippen molar-refractivity contribution in [2.75, 3.05) is 12.0 Å². The molecule has 0 amide bonds. The van der Waals surface area contributed by atoms with E-state index in [1.54, 1.807) is 12.3 Å². The van der Waals surface area contributed by atoms with Gasteiger partial charge < -0.3 is 4.74 Å². The van der Waals surface area contributed by atoms with E-state index in [9.17, 15) is 4.39 Å². The Morgan fingerprint density at radius 3 is 2.91 bits per heavy atom. The number of ether oxygens (including phenoxy) is 1. The van der Waals surface area contributed by atoms with Gasteiger partial charge in [-0.1, -0.05) is 13.8 Å². The molecule has 0 radical (unpaired) electrons. The summed E-state index contributed by atoms with van der Waals surface area (Å²) in [6.45, 7) is 6.74. The molecule has 0 saturated heterocycles. The van der Waals surface area contributed by atoms with Crippen molar-refractivity contribution >= 4 is 22.7 Å². The lowest BCUT2D eigenvalue weighted by molar-refractivity contribution is 0.288. The van der Waals surface area contributed by atoms with E-state index in [4.69, 9.17) is 4.74 Å². The van der Waals surface area contributed by atoms with Gasteiger partial charge in [0.1, 0.15) is 11.6 Å². The fourth-order valence-corrected chi connectivity index (χ4v) is 2.36. The number of rotatable bonds is 7. The van der Waals surface area contributed by atoms with Crippen LogP contribution in [0.15, 0.2) is 28.7 Å². The summed E-state index contributed by atoms with van der Waals surface area (Å²) in [5, 5.41) is 6.70. The number of nitrogens with zero attached hydrogens (tertiary/aromatic N) is 2. The second kappa shape index (κ2) is 7.89. The summed E-state index contributed by atoms with van der Waals surface area (Å²) < 4.78 is 19.2. The Hall–Kier alpha value is -1.95. The van der Waals surface area contributed by atoms with E-state index in [0.29, 0.717) is 29.0 Å². The Balaban J connectivity index is 1.96. The maximum absolute atomic E-state index is 13.6. The molecule has 0 atom stereocenters. The molecule has 6 heteroatoms. The number of hydrogen-bond acceptors (Lipinski definition) is 5. The molecule has 1 aromatic carbocycles. The van der Waals surface area contributed by atoms with Crippen LogP contribution in [0.1, 0.15) is 31.5 Å². The van der Waals surface area contributed by atoms with Crippen LogP contribution in [0.4, 0.5) is 9.52 Å². The number of halogens is 1. The Morgan fingerprint density at radius 1 is 1.41 bits per heavy atom. The van der Waals surface area contributed by atoms with Crippen LogP contribution in [-0.2, 0) is 0 Å². The van der Waals surface area contributed by atoms with Crippen molar-refractivity contribution in [2.24, 2.45) is 11.0 Å². The molecule has 0 spiro atoms. The molecule has 0 fully saturated rings. The summed E-state index contributed by atoms with van der Waals surface area (Å²) in [6.07, 6.45) is 2.49. The van der Waals surface area contributed by atoms with Crippen molar-refractivity contribution in [3.8, 4) is 5.75 Å². The fraction of sp³-hybridized carbons (Fsp3) is 0.375. The van der Waals surface area contributed by atoms with Gasteiger partial charge in [-0.05, 0) is 31.4 Å². The summed E-state index contributed by atoms with van der Waals surface area (Å²) in [4.78, 5) is 4.23. The summed E-state index contributed by atoms with van der Waals surface area (Å²) in [7, 11) is 0. The number of anilines is 1. The molecule has 1 N–H and O–H groups in total. The second-order valence-corrected chi connectivity index (χ2v) is 6.27. The number of aromatic nitrogens is 1. The standard InChI is InChI=1S/C16H20FN3OS/c1-11(2)4-5-21-15-7-13(6-14(17)8-15)9-18-20-16-19-12(3)10-22-16/h6-11H,4-5H2,1-3H3,(H,19,20). The van der Waals surface area contributed by atoms with Gasteiger partial charge in [-0.15, -0.1) is 11.3 Å². The highest BCUT2D eigenvalue weighted by Crippen LogP contribution is 2.17. The van der Waals surface area contributed by atoms with Crippen LogP contribution >= 0.6 is 11.3 Å². The van der Waals surface area contributed by atoms with E-state index < -0.39 is 0 Å². The van der Waals surface area contributed by atoms with Crippen molar-refractivity contribution in [1.82, 2.24) is 4.98 Å². The number of nitrogens with one attached hydrogen (secondary N) is 1. The normalized spacial score (nSPS) is 11.3. The van der Waals surface area contributed by atoms with Gasteiger partial charge in [0.05, 0.1) is 18.5 Å². The van der Waals surface area contributed by atoms with Crippen LogP contribution in [0.2, 0.25) is 0 Å². The SMILES string of the molecule is Cc1csc(NN=Cc2cc(F)cc(OCCC(C)C)c2)n1. The zero-order valence-corrected chi connectivity index (χ0v) is 13.8. The Bertz CT molecular complexity index is 640. The molecule has 0 aliphatic rings. The Morgan fingerprint density at radius 2 is 2.23 bits per heavy atom. The van der Waals surface area contributed by atoms with E-state index in [0.717, 1.165) is 12.1 Å². The minimum absolute atomic E-state index is 0.339. The van der Waals surface area contributed by atoms with Crippen molar-refractivity contribution in [3.05, 3.63) is 40.7 Å². The fourth-order valence-electron chi connectivity index (χ4n) is 1.72. The van der Waals surface area contributed by atoms with Crippen LogP contribution in [0, 0.1) is 18.7 Å². The van der Waals surface area contributed by atoms with Gasteiger partial charge >= 0.3 is 0 Å². The predicted octanol–water partition coefficient (Wildman–Crippen LogP) is 4.46. The Labute approximate surface area is 134 Å². The van der Waals surface area contributed by atoms with Gasteiger partial charge in [0.2, 0.25) is 5.13 Å². The molecule has 0 bridgehead atoms.